The second-order valence-electron chi connectivity index (χ2n) is 7.07. The Morgan fingerprint density at radius 3 is 2.69 bits per heavy atom. The van der Waals surface area contributed by atoms with Gasteiger partial charge in [-0.3, -0.25) is 4.79 Å². The number of nitrogens with one attached hydrogen (secondary N) is 1. The number of hydrogen-bond donors (Lipinski definition) is 2. The number of urea groups is 1. The third-order valence-corrected chi connectivity index (χ3v) is 5.34. The zero-order chi connectivity index (χ0) is 18.7. The number of hydrogen-bond acceptors (Lipinski definition) is 4. The molecular formula is C18H24ClN3O4. The number of ether oxygens (including phenoxy) is 1. The van der Waals surface area contributed by atoms with Crippen LogP contribution in [0.2, 0.25) is 5.02 Å². The number of nitrogens with zero attached hydrogens (tertiary/aromatic N) is 2. The van der Waals surface area contributed by atoms with Gasteiger partial charge in [0.1, 0.15) is 0 Å². The standard InChI is InChI=1S/C18H24ClN3O4/c1-18(16(23)24)4-5-22(12-18)17(25)20-11-13-10-14(19)2-3-15(13)21-6-8-26-9-7-21/h2-3,10H,4-9,11-12H2,1H3,(H,20,25)(H,23,24). The molecule has 2 saturated heterocycles. The van der Waals surface area contributed by atoms with Crippen LogP contribution in [0.25, 0.3) is 0 Å². The predicted octanol–water partition coefficient (Wildman–Crippen LogP) is 2.18. The number of carbonyl (C=O) groups is 2. The van der Waals surface area contributed by atoms with E-state index in [-0.39, 0.29) is 12.6 Å². The topological polar surface area (TPSA) is 82.1 Å². The summed E-state index contributed by atoms with van der Waals surface area (Å²) in [5, 5.41) is 12.8. The van der Waals surface area contributed by atoms with E-state index in [0.717, 1.165) is 24.3 Å². The van der Waals surface area contributed by atoms with Crippen LogP contribution in [0.5, 0.6) is 0 Å². The molecular weight excluding hydrogens is 358 g/mol. The van der Waals surface area contributed by atoms with Crippen molar-refractivity contribution in [3.63, 3.8) is 0 Å². The maximum Gasteiger partial charge on any atom is 0.317 e. The number of carboxylic acids is 1. The van der Waals surface area contributed by atoms with Crippen molar-refractivity contribution in [1.82, 2.24) is 10.2 Å². The largest absolute Gasteiger partial charge is 0.481 e. The number of carboxylic acid groups (broad SMARTS) is 1. The Morgan fingerprint density at radius 2 is 2.04 bits per heavy atom. The molecule has 0 radical (unpaired) electrons. The average molecular weight is 382 g/mol. The fourth-order valence-electron chi connectivity index (χ4n) is 3.40. The lowest BCUT2D eigenvalue weighted by Crippen LogP contribution is -2.41. The quantitative estimate of drug-likeness (QED) is 0.835. The van der Waals surface area contributed by atoms with Gasteiger partial charge in [-0.15, -0.1) is 0 Å². The van der Waals surface area contributed by atoms with E-state index < -0.39 is 11.4 Å². The molecule has 2 fully saturated rings. The van der Waals surface area contributed by atoms with E-state index in [0.29, 0.717) is 37.7 Å². The third-order valence-electron chi connectivity index (χ3n) is 5.10. The highest BCUT2D eigenvalue weighted by atomic mass is 35.5. The maximum atomic E-state index is 12.5. The van der Waals surface area contributed by atoms with Gasteiger partial charge >= 0.3 is 12.0 Å². The zero-order valence-corrected chi connectivity index (χ0v) is 15.6. The van der Waals surface area contributed by atoms with Crippen molar-refractivity contribution in [3.05, 3.63) is 28.8 Å². The Hall–Kier alpha value is -1.99. The number of carbonyl (C=O) groups excluding carboxylic acids is 1. The molecule has 2 amide bonds. The van der Waals surface area contributed by atoms with E-state index in [9.17, 15) is 14.7 Å². The number of halogens is 1. The molecule has 142 valence electrons. The van der Waals surface area contributed by atoms with Gasteiger partial charge in [-0.25, -0.2) is 4.79 Å². The van der Waals surface area contributed by atoms with Crippen molar-refractivity contribution in [3.8, 4) is 0 Å². The highest BCUT2D eigenvalue weighted by Gasteiger charge is 2.42. The van der Waals surface area contributed by atoms with Gasteiger partial charge in [-0.2, -0.15) is 0 Å². The van der Waals surface area contributed by atoms with Gasteiger partial charge in [-0.1, -0.05) is 11.6 Å². The molecule has 1 atom stereocenters. The monoisotopic (exact) mass is 381 g/mol. The molecule has 2 N–H and O–H groups in total. The van der Waals surface area contributed by atoms with Crippen molar-refractivity contribution in [2.24, 2.45) is 5.41 Å². The first-order valence-corrected chi connectivity index (χ1v) is 9.14. The van der Waals surface area contributed by atoms with E-state index in [1.807, 2.05) is 18.2 Å². The Bertz CT molecular complexity index is 693. The highest BCUT2D eigenvalue weighted by Crippen LogP contribution is 2.30. The van der Waals surface area contributed by atoms with E-state index in [1.165, 1.54) is 0 Å². The number of morpholine rings is 1. The Labute approximate surface area is 157 Å². The van der Waals surface area contributed by atoms with E-state index in [4.69, 9.17) is 16.3 Å². The number of anilines is 1. The lowest BCUT2D eigenvalue weighted by molar-refractivity contribution is -0.147. The molecule has 2 aliphatic rings. The van der Waals surface area contributed by atoms with Crippen LogP contribution >= 0.6 is 11.6 Å². The van der Waals surface area contributed by atoms with Gasteiger partial charge in [0.2, 0.25) is 0 Å². The molecule has 1 aromatic carbocycles. The van der Waals surface area contributed by atoms with E-state index >= 15 is 0 Å². The third kappa shape index (κ3) is 4.04. The summed E-state index contributed by atoms with van der Waals surface area (Å²) in [5.41, 5.74) is 1.11. The van der Waals surface area contributed by atoms with Crippen molar-refractivity contribution in [2.45, 2.75) is 19.9 Å². The summed E-state index contributed by atoms with van der Waals surface area (Å²) < 4.78 is 5.40. The molecule has 3 rings (SSSR count). The first-order valence-electron chi connectivity index (χ1n) is 8.76. The van der Waals surface area contributed by atoms with Crippen LogP contribution in [0.1, 0.15) is 18.9 Å². The summed E-state index contributed by atoms with van der Waals surface area (Å²) in [4.78, 5) is 27.6. The highest BCUT2D eigenvalue weighted by molar-refractivity contribution is 6.30. The van der Waals surface area contributed by atoms with Gasteiger partial charge in [0.05, 0.1) is 18.6 Å². The Kier molecular flexibility index (Phi) is 5.58. The summed E-state index contributed by atoms with van der Waals surface area (Å²) in [7, 11) is 0. The second kappa shape index (κ2) is 7.72. The van der Waals surface area contributed by atoms with Crippen molar-refractivity contribution in [1.29, 1.82) is 0 Å². The molecule has 0 aromatic heterocycles. The maximum absolute atomic E-state index is 12.5. The lowest BCUT2D eigenvalue weighted by atomic mass is 9.90. The van der Waals surface area contributed by atoms with Crippen LogP contribution < -0.4 is 10.2 Å². The summed E-state index contributed by atoms with van der Waals surface area (Å²) >= 11 is 6.14. The lowest BCUT2D eigenvalue weighted by Gasteiger charge is -2.31. The molecule has 0 saturated carbocycles. The smallest absolute Gasteiger partial charge is 0.317 e. The normalized spacial score (nSPS) is 23.2. The minimum atomic E-state index is -0.869. The Balaban J connectivity index is 1.65. The molecule has 0 aliphatic carbocycles. The fraction of sp³-hybridized carbons (Fsp3) is 0.556. The molecule has 1 aromatic rings. The second-order valence-corrected chi connectivity index (χ2v) is 7.50. The molecule has 26 heavy (non-hydrogen) atoms. The van der Waals surface area contributed by atoms with Gasteiger partial charge in [0.25, 0.3) is 0 Å². The van der Waals surface area contributed by atoms with Gasteiger partial charge in [0.15, 0.2) is 0 Å². The first kappa shape index (κ1) is 18.8. The van der Waals surface area contributed by atoms with E-state index in [1.54, 1.807) is 11.8 Å². The van der Waals surface area contributed by atoms with Crippen molar-refractivity contribution in [2.75, 3.05) is 44.3 Å². The van der Waals surface area contributed by atoms with Crippen LogP contribution in [0.15, 0.2) is 18.2 Å². The van der Waals surface area contributed by atoms with E-state index in [2.05, 4.69) is 10.2 Å². The van der Waals surface area contributed by atoms with Crippen LogP contribution in [-0.2, 0) is 16.1 Å². The van der Waals surface area contributed by atoms with Crippen molar-refractivity contribution >= 4 is 29.3 Å². The molecule has 2 heterocycles. The molecule has 1 unspecified atom stereocenters. The number of aliphatic carboxylic acids is 1. The zero-order valence-electron chi connectivity index (χ0n) is 14.8. The molecule has 0 spiro atoms. The van der Waals surface area contributed by atoms with Gasteiger partial charge in [0, 0.05) is 43.4 Å². The van der Waals surface area contributed by atoms with Crippen LogP contribution in [0.3, 0.4) is 0 Å². The predicted molar refractivity (Wildman–Crippen MR) is 98.7 cm³/mol. The SMILES string of the molecule is CC1(C(=O)O)CCN(C(=O)NCc2cc(Cl)ccc2N2CCOCC2)C1. The van der Waals surface area contributed by atoms with Crippen molar-refractivity contribution < 1.29 is 19.4 Å². The summed E-state index contributed by atoms with van der Waals surface area (Å²) in [6.07, 6.45) is 0.464. The fourth-order valence-corrected chi connectivity index (χ4v) is 3.59. The van der Waals surface area contributed by atoms with Crippen LogP contribution in [-0.4, -0.2) is 61.4 Å². The minimum Gasteiger partial charge on any atom is -0.481 e. The molecule has 0 bridgehead atoms. The average Bonchev–Trinajstić information content (AvgIpc) is 3.04. The molecule has 2 aliphatic heterocycles. The number of rotatable bonds is 4. The summed E-state index contributed by atoms with van der Waals surface area (Å²) in [5.74, 6) is -0.864. The Morgan fingerprint density at radius 1 is 1.31 bits per heavy atom. The van der Waals surface area contributed by atoms with Gasteiger partial charge < -0.3 is 25.0 Å². The van der Waals surface area contributed by atoms with Crippen LogP contribution in [0.4, 0.5) is 10.5 Å². The summed E-state index contributed by atoms with van der Waals surface area (Å²) in [6, 6.07) is 5.42. The summed E-state index contributed by atoms with van der Waals surface area (Å²) in [6.45, 7) is 5.63. The molecule has 7 nitrogen and oxygen atoms in total. The molecule has 8 heteroatoms. The van der Waals surface area contributed by atoms with Crippen LogP contribution in [0, 0.1) is 5.41 Å². The van der Waals surface area contributed by atoms with Gasteiger partial charge in [-0.05, 0) is 37.1 Å². The number of amides is 2. The first-order chi connectivity index (χ1) is 12.4. The minimum absolute atomic E-state index is 0.222. The number of benzene rings is 1. The number of likely N-dealkylation sites (tertiary alicyclic amines) is 1.